The molecule has 0 aliphatic heterocycles. The number of amides is 1. The molecule has 124 valence electrons. The molecule has 1 aliphatic rings. The van der Waals surface area contributed by atoms with Crippen molar-refractivity contribution in [1.82, 2.24) is 5.32 Å². The van der Waals surface area contributed by atoms with Crippen molar-refractivity contribution in [2.45, 2.75) is 44.8 Å². The Balaban J connectivity index is 2.10. The normalized spacial score (nSPS) is 24.0. The van der Waals surface area contributed by atoms with E-state index in [4.69, 9.17) is 0 Å². The Labute approximate surface area is 131 Å². The summed E-state index contributed by atoms with van der Waals surface area (Å²) in [4.78, 5) is 13.1. The van der Waals surface area contributed by atoms with E-state index in [0.717, 1.165) is 10.4 Å². The quantitative estimate of drug-likeness (QED) is 0.884. The van der Waals surface area contributed by atoms with Crippen molar-refractivity contribution >= 4 is 17.2 Å². The molecule has 1 unspecified atom stereocenters. The van der Waals surface area contributed by atoms with Crippen molar-refractivity contribution < 1.29 is 23.1 Å². The Morgan fingerprint density at radius 1 is 1.45 bits per heavy atom. The molecule has 2 N–H and O–H groups in total. The fraction of sp³-hybridized carbons (Fsp3) is 0.667. The minimum Gasteiger partial charge on any atom is -0.394 e. The first-order chi connectivity index (χ1) is 10.3. The summed E-state index contributed by atoms with van der Waals surface area (Å²) in [6, 6.07) is 1.22. The molecule has 1 fully saturated rings. The molecule has 7 heteroatoms. The standard InChI is InChI=1S/C15H20F3NO2S/c1-9-6-7-22-13(9)12(8-20)19-14(21)10-4-2-3-5-11(10)15(16,17)18/h6-7,10-12,20H,2-5,8H2,1H3,(H,19,21)/t10-,11-,12?/m1/s1. The van der Waals surface area contributed by atoms with Gasteiger partial charge in [-0.25, -0.2) is 0 Å². The largest absolute Gasteiger partial charge is 0.394 e. The van der Waals surface area contributed by atoms with Gasteiger partial charge < -0.3 is 10.4 Å². The maximum atomic E-state index is 13.1. The number of aliphatic hydroxyl groups excluding tert-OH is 1. The molecule has 3 atom stereocenters. The van der Waals surface area contributed by atoms with Crippen LogP contribution in [-0.4, -0.2) is 23.8 Å². The fourth-order valence-electron chi connectivity index (χ4n) is 3.05. The number of nitrogens with one attached hydrogen (secondary N) is 1. The second kappa shape index (κ2) is 7.00. The molecular formula is C15H20F3NO2S. The number of carbonyl (C=O) groups excluding carboxylic acids is 1. The summed E-state index contributed by atoms with van der Waals surface area (Å²) in [6.45, 7) is 1.52. The summed E-state index contributed by atoms with van der Waals surface area (Å²) < 4.78 is 39.2. The van der Waals surface area contributed by atoms with E-state index in [-0.39, 0.29) is 19.4 Å². The maximum absolute atomic E-state index is 13.1. The van der Waals surface area contributed by atoms with Gasteiger partial charge in [-0.05, 0) is 36.8 Å². The number of carbonyl (C=O) groups is 1. The van der Waals surface area contributed by atoms with E-state index in [2.05, 4.69) is 5.32 Å². The maximum Gasteiger partial charge on any atom is 0.392 e. The molecule has 22 heavy (non-hydrogen) atoms. The summed E-state index contributed by atoms with van der Waals surface area (Å²) in [6.07, 6.45) is -2.97. The smallest absolute Gasteiger partial charge is 0.392 e. The first-order valence-electron chi connectivity index (χ1n) is 7.36. The van der Waals surface area contributed by atoms with Gasteiger partial charge in [-0.2, -0.15) is 13.2 Å². The van der Waals surface area contributed by atoms with Crippen LogP contribution in [0, 0.1) is 18.8 Å². The Morgan fingerprint density at radius 3 is 2.68 bits per heavy atom. The van der Waals surface area contributed by atoms with Crippen molar-refractivity contribution in [3.63, 3.8) is 0 Å². The first-order valence-corrected chi connectivity index (χ1v) is 8.24. The third-order valence-electron chi connectivity index (χ3n) is 4.24. The van der Waals surface area contributed by atoms with Crippen molar-refractivity contribution in [3.05, 3.63) is 21.9 Å². The molecule has 1 aromatic rings. The lowest BCUT2D eigenvalue weighted by molar-refractivity contribution is -0.198. The van der Waals surface area contributed by atoms with Crippen LogP contribution in [0.25, 0.3) is 0 Å². The van der Waals surface area contributed by atoms with E-state index >= 15 is 0 Å². The third-order valence-corrected chi connectivity index (χ3v) is 5.37. The average Bonchev–Trinajstić information content (AvgIpc) is 2.89. The number of hydrogen-bond acceptors (Lipinski definition) is 3. The molecule has 0 radical (unpaired) electrons. The van der Waals surface area contributed by atoms with Crippen LogP contribution in [0.1, 0.15) is 42.2 Å². The number of halogens is 3. The minimum absolute atomic E-state index is 0.00338. The SMILES string of the molecule is Cc1ccsc1C(CO)NC(=O)[C@@H]1CCCC[C@H]1C(F)(F)F. The number of thiophene rings is 1. The Hall–Kier alpha value is -1.08. The molecule has 1 aliphatic carbocycles. The van der Waals surface area contributed by atoms with Crippen LogP contribution in [0.4, 0.5) is 13.2 Å². The highest BCUT2D eigenvalue weighted by molar-refractivity contribution is 7.10. The second-order valence-electron chi connectivity index (χ2n) is 5.75. The van der Waals surface area contributed by atoms with Gasteiger partial charge in [-0.15, -0.1) is 11.3 Å². The van der Waals surface area contributed by atoms with Crippen LogP contribution < -0.4 is 5.32 Å². The van der Waals surface area contributed by atoms with Crippen LogP contribution in [0.2, 0.25) is 0 Å². The zero-order valence-electron chi connectivity index (χ0n) is 12.3. The summed E-state index contributed by atoms with van der Waals surface area (Å²) >= 11 is 1.38. The highest BCUT2D eigenvalue weighted by Crippen LogP contribution is 2.41. The molecule has 1 aromatic heterocycles. The summed E-state index contributed by atoms with van der Waals surface area (Å²) in [5, 5.41) is 13.9. The van der Waals surface area contributed by atoms with Gasteiger partial charge in [0.25, 0.3) is 0 Å². The highest BCUT2D eigenvalue weighted by atomic mass is 32.1. The van der Waals surface area contributed by atoms with Gasteiger partial charge in [0, 0.05) is 10.8 Å². The van der Waals surface area contributed by atoms with Crippen LogP contribution in [0.3, 0.4) is 0 Å². The zero-order valence-corrected chi connectivity index (χ0v) is 13.1. The van der Waals surface area contributed by atoms with Crippen molar-refractivity contribution in [3.8, 4) is 0 Å². The molecule has 0 aromatic carbocycles. The molecule has 1 amide bonds. The van der Waals surface area contributed by atoms with Gasteiger partial charge >= 0.3 is 6.18 Å². The molecule has 0 saturated heterocycles. The van der Waals surface area contributed by atoms with Crippen molar-refractivity contribution in [2.75, 3.05) is 6.61 Å². The van der Waals surface area contributed by atoms with Crippen molar-refractivity contribution in [2.24, 2.45) is 11.8 Å². The molecule has 2 rings (SSSR count). The molecule has 1 saturated carbocycles. The van der Waals surface area contributed by atoms with Crippen LogP contribution in [-0.2, 0) is 4.79 Å². The van der Waals surface area contributed by atoms with E-state index < -0.39 is 30.0 Å². The molecule has 3 nitrogen and oxygen atoms in total. The second-order valence-corrected chi connectivity index (χ2v) is 6.70. The predicted molar refractivity (Wildman–Crippen MR) is 78.5 cm³/mol. The Kier molecular flexibility index (Phi) is 5.50. The molecule has 0 bridgehead atoms. The summed E-state index contributed by atoms with van der Waals surface area (Å²) in [7, 11) is 0. The summed E-state index contributed by atoms with van der Waals surface area (Å²) in [5.41, 5.74) is 0.917. The van der Waals surface area contributed by atoms with Gasteiger partial charge in [0.1, 0.15) is 0 Å². The van der Waals surface area contributed by atoms with E-state index in [1.54, 1.807) is 0 Å². The molecule has 1 heterocycles. The van der Waals surface area contributed by atoms with E-state index in [1.165, 1.54) is 11.3 Å². The fourth-order valence-corrected chi connectivity index (χ4v) is 4.02. The van der Waals surface area contributed by atoms with Crippen LogP contribution in [0.5, 0.6) is 0 Å². The van der Waals surface area contributed by atoms with E-state index in [0.29, 0.717) is 12.8 Å². The van der Waals surface area contributed by atoms with Gasteiger partial charge in [0.05, 0.1) is 18.6 Å². The minimum atomic E-state index is -4.35. The van der Waals surface area contributed by atoms with Gasteiger partial charge in [0.2, 0.25) is 5.91 Å². The number of rotatable bonds is 4. The predicted octanol–water partition coefficient (Wildman–Crippen LogP) is 3.57. The first kappa shape index (κ1) is 17.3. The lowest BCUT2D eigenvalue weighted by Gasteiger charge is -2.33. The van der Waals surface area contributed by atoms with Crippen LogP contribution >= 0.6 is 11.3 Å². The number of alkyl halides is 3. The average molecular weight is 335 g/mol. The highest BCUT2D eigenvalue weighted by Gasteiger charge is 2.48. The van der Waals surface area contributed by atoms with Gasteiger partial charge in [-0.1, -0.05) is 12.8 Å². The lowest BCUT2D eigenvalue weighted by Crippen LogP contribution is -2.44. The van der Waals surface area contributed by atoms with Crippen molar-refractivity contribution in [1.29, 1.82) is 0 Å². The Bertz CT molecular complexity index is 515. The number of hydrogen-bond donors (Lipinski definition) is 2. The lowest BCUT2D eigenvalue weighted by atomic mass is 9.78. The monoisotopic (exact) mass is 335 g/mol. The summed E-state index contributed by atoms with van der Waals surface area (Å²) in [5.74, 6) is -3.23. The number of aryl methyl sites for hydroxylation is 1. The van der Waals surface area contributed by atoms with Gasteiger partial charge in [0.15, 0.2) is 0 Å². The molecule has 0 spiro atoms. The number of aliphatic hydroxyl groups is 1. The zero-order chi connectivity index (χ0) is 16.3. The van der Waals surface area contributed by atoms with E-state index in [1.807, 2.05) is 18.4 Å². The van der Waals surface area contributed by atoms with Crippen LogP contribution in [0.15, 0.2) is 11.4 Å². The van der Waals surface area contributed by atoms with E-state index in [9.17, 15) is 23.1 Å². The topological polar surface area (TPSA) is 49.3 Å². The van der Waals surface area contributed by atoms with Gasteiger partial charge in [-0.3, -0.25) is 4.79 Å². The third kappa shape index (κ3) is 3.81. The molecular weight excluding hydrogens is 315 g/mol. The Morgan fingerprint density at radius 2 is 2.14 bits per heavy atom.